The van der Waals surface area contributed by atoms with Crippen LogP contribution in [0.2, 0.25) is 0 Å². The van der Waals surface area contributed by atoms with Crippen LogP contribution in [0.1, 0.15) is 27.2 Å². The van der Waals surface area contributed by atoms with E-state index in [1.54, 1.807) is 24.3 Å². The zero-order valence-corrected chi connectivity index (χ0v) is 16.1. The SMILES string of the molecule is COc1ccccc1OCC(=O)OCC(=O)Nc1sc2c(c1C(N)=O)CCC2. The third-order valence-electron chi connectivity index (χ3n) is 4.20. The summed E-state index contributed by atoms with van der Waals surface area (Å²) in [6, 6.07) is 6.86. The molecule has 0 bridgehead atoms. The third-order valence-corrected chi connectivity index (χ3v) is 5.41. The number of hydrogen-bond donors (Lipinski definition) is 2. The van der Waals surface area contributed by atoms with E-state index in [0.29, 0.717) is 22.1 Å². The summed E-state index contributed by atoms with van der Waals surface area (Å²) in [5, 5.41) is 3.02. The quantitative estimate of drug-likeness (QED) is 0.649. The number of rotatable bonds is 8. The highest BCUT2D eigenvalue weighted by atomic mass is 32.1. The minimum Gasteiger partial charge on any atom is -0.493 e. The molecule has 0 fully saturated rings. The second-order valence-corrected chi connectivity index (χ2v) is 7.18. The highest BCUT2D eigenvalue weighted by molar-refractivity contribution is 7.17. The molecule has 0 radical (unpaired) electrons. The van der Waals surface area contributed by atoms with Gasteiger partial charge in [0.2, 0.25) is 0 Å². The number of fused-ring (bicyclic) bond motifs is 1. The zero-order chi connectivity index (χ0) is 20.1. The van der Waals surface area contributed by atoms with E-state index in [4.69, 9.17) is 19.9 Å². The fraction of sp³-hybridized carbons (Fsp3) is 0.316. The molecule has 0 saturated heterocycles. The first kappa shape index (κ1) is 19.7. The van der Waals surface area contributed by atoms with Gasteiger partial charge in [0.1, 0.15) is 5.00 Å². The number of esters is 1. The summed E-state index contributed by atoms with van der Waals surface area (Å²) >= 11 is 1.34. The number of amides is 2. The van der Waals surface area contributed by atoms with Gasteiger partial charge >= 0.3 is 5.97 Å². The Morgan fingerprint density at radius 2 is 1.89 bits per heavy atom. The number of thiophene rings is 1. The molecule has 1 aliphatic carbocycles. The monoisotopic (exact) mass is 404 g/mol. The molecule has 8 nitrogen and oxygen atoms in total. The van der Waals surface area contributed by atoms with Crippen LogP contribution in [0.3, 0.4) is 0 Å². The number of para-hydroxylation sites is 2. The van der Waals surface area contributed by atoms with Crippen LogP contribution in [0, 0.1) is 0 Å². The second kappa shape index (κ2) is 8.75. The first-order chi connectivity index (χ1) is 13.5. The number of nitrogens with two attached hydrogens (primary N) is 1. The lowest BCUT2D eigenvalue weighted by Gasteiger charge is -2.10. The molecule has 1 heterocycles. The second-order valence-electron chi connectivity index (χ2n) is 6.07. The Bertz CT molecular complexity index is 908. The number of carbonyl (C=O) groups excluding carboxylic acids is 3. The lowest BCUT2D eigenvalue weighted by molar-refractivity contribution is -0.149. The Kier molecular flexibility index (Phi) is 6.15. The lowest BCUT2D eigenvalue weighted by atomic mass is 10.1. The van der Waals surface area contributed by atoms with Gasteiger partial charge in [0, 0.05) is 4.88 Å². The number of benzene rings is 1. The van der Waals surface area contributed by atoms with Gasteiger partial charge in [-0.2, -0.15) is 0 Å². The third kappa shape index (κ3) is 4.42. The molecule has 0 aliphatic heterocycles. The molecule has 0 saturated carbocycles. The number of nitrogens with one attached hydrogen (secondary N) is 1. The summed E-state index contributed by atoms with van der Waals surface area (Å²) in [4.78, 5) is 36.7. The first-order valence-electron chi connectivity index (χ1n) is 8.65. The molecule has 3 N–H and O–H groups in total. The van der Waals surface area contributed by atoms with Crippen molar-refractivity contribution in [3.8, 4) is 11.5 Å². The van der Waals surface area contributed by atoms with E-state index < -0.39 is 24.4 Å². The molecule has 0 spiro atoms. The number of ether oxygens (including phenoxy) is 3. The van der Waals surface area contributed by atoms with Gasteiger partial charge < -0.3 is 25.3 Å². The maximum atomic E-state index is 12.1. The topological polar surface area (TPSA) is 117 Å². The van der Waals surface area contributed by atoms with Crippen molar-refractivity contribution in [1.82, 2.24) is 0 Å². The molecule has 1 aromatic carbocycles. The molecule has 28 heavy (non-hydrogen) atoms. The molecule has 9 heteroatoms. The van der Waals surface area contributed by atoms with E-state index in [-0.39, 0.29) is 6.61 Å². The van der Waals surface area contributed by atoms with E-state index in [1.165, 1.54) is 18.4 Å². The van der Waals surface area contributed by atoms with Crippen LogP contribution in [0.15, 0.2) is 24.3 Å². The smallest absolute Gasteiger partial charge is 0.344 e. The van der Waals surface area contributed by atoms with Gasteiger partial charge in [-0.05, 0) is 37.0 Å². The van der Waals surface area contributed by atoms with E-state index >= 15 is 0 Å². The number of carbonyl (C=O) groups is 3. The average molecular weight is 404 g/mol. The molecular formula is C19H20N2O6S. The van der Waals surface area contributed by atoms with Crippen LogP contribution in [0.5, 0.6) is 11.5 Å². The molecule has 1 aliphatic rings. The molecule has 148 valence electrons. The van der Waals surface area contributed by atoms with Crippen molar-refractivity contribution in [2.24, 2.45) is 5.73 Å². The van der Waals surface area contributed by atoms with E-state index in [9.17, 15) is 14.4 Å². The van der Waals surface area contributed by atoms with E-state index in [2.05, 4.69) is 5.32 Å². The maximum Gasteiger partial charge on any atom is 0.344 e. The van der Waals surface area contributed by atoms with Crippen molar-refractivity contribution in [3.05, 3.63) is 40.3 Å². The largest absolute Gasteiger partial charge is 0.493 e. The fourth-order valence-corrected chi connectivity index (χ4v) is 4.29. The number of aryl methyl sites for hydroxylation is 1. The highest BCUT2D eigenvalue weighted by Crippen LogP contribution is 2.38. The predicted octanol–water partition coefficient (Wildman–Crippen LogP) is 1.91. The summed E-state index contributed by atoms with van der Waals surface area (Å²) in [6.07, 6.45) is 2.61. The van der Waals surface area contributed by atoms with Gasteiger partial charge in [-0.1, -0.05) is 12.1 Å². The Morgan fingerprint density at radius 1 is 1.14 bits per heavy atom. The van der Waals surface area contributed by atoms with Crippen molar-refractivity contribution in [2.75, 3.05) is 25.6 Å². The van der Waals surface area contributed by atoms with Crippen LogP contribution in [0.4, 0.5) is 5.00 Å². The zero-order valence-electron chi connectivity index (χ0n) is 15.3. The van der Waals surface area contributed by atoms with E-state index in [0.717, 1.165) is 29.7 Å². The van der Waals surface area contributed by atoms with Crippen LogP contribution in [0.25, 0.3) is 0 Å². The normalized spacial score (nSPS) is 12.2. The Balaban J connectivity index is 1.51. The fourth-order valence-electron chi connectivity index (χ4n) is 2.98. The lowest BCUT2D eigenvalue weighted by Crippen LogP contribution is -2.24. The van der Waals surface area contributed by atoms with Gasteiger partial charge in [0.25, 0.3) is 11.8 Å². The summed E-state index contributed by atoms with van der Waals surface area (Å²) in [5.41, 5.74) is 6.72. The molecule has 2 aromatic rings. The van der Waals surface area contributed by atoms with Crippen molar-refractivity contribution in [3.63, 3.8) is 0 Å². The van der Waals surface area contributed by atoms with Crippen LogP contribution in [-0.2, 0) is 27.2 Å². The average Bonchev–Trinajstić information content (AvgIpc) is 3.25. The molecule has 3 rings (SSSR count). The van der Waals surface area contributed by atoms with Gasteiger partial charge in [-0.25, -0.2) is 4.79 Å². The summed E-state index contributed by atoms with van der Waals surface area (Å²) in [5.74, 6) is -0.946. The summed E-state index contributed by atoms with van der Waals surface area (Å²) < 4.78 is 15.4. The van der Waals surface area contributed by atoms with Crippen LogP contribution < -0.4 is 20.5 Å². The number of hydrogen-bond acceptors (Lipinski definition) is 7. The summed E-state index contributed by atoms with van der Waals surface area (Å²) in [6.45, 7) is -0.859. The standard InChI is InChI=1S/C19H20N2O6S/c1-25-12-6-2-3-7-13(12)26-10-16(23)27-9-15(22)21-19-17(18(20)24)11-5-4-8-14(11)28-19/h2-3,6-7H,4-5,8-10H2,1H3,(H2,20,24)(H,21,22). The van der Waals surface area contributed by atoms with Gasteiger partial charge in [0.15, 0.2) is 24.7 Å². The molecule has 1 aromatic heterocycles. The molecule has 0 atom stereocenters. The van der Waals surface area contributed by atoms with Gasteiger partial charge in [-0.15, -0.1) is 11.3 Å². The molecule has 0 unspecified atom stereocenters. The van der Waals surface area contributed by atoms with Gasteiger partial charge in [0.05, 0.1) is 12.7 Å². The molecular weight excluding hydrogens is 384 g/mol. The van der Waals surface area contributed by atoms with Crippen LogP contribution >= 0.6 is 11.3 Å². The first-order valence-corrected chi connectivity index (χ1v) is 9.47. The number of primary amides is 1. The highest BCUT2D eigenvalue weighted by Gasteiger charge is 2.26. The van der Waals surface area contributed by atoms with Crippen molar-refractivity contribution in [1.29, 1.82) is 0 Å². The van der Waals surface area contributed by atoms with Crippen molar-refractivity contribution >= 4 is 34.1 Å². The van der Waals surface area contributed by atoms with E-state index in [1.807, 2.05) is 0 Å². The van der Waals surface area contributed by atoms with Crippen molar-refractivity contribution < 1.29 is 28.6 Å². The van der Waals surface area contributed by atoms with Crippen molar-refractivity contribution in [2.45, 2.75) is 19.3 Å². The molecule has 2 amide bonds. The Hall–Kier alpha value is -3.07. The minimum atomic E-state index is -0.704. The summed E-state index contributed by atoms with van der Waals surface area (Å²) in [7, 11) is 1.49. The van der Waals surface area contributed by atoms with Gasteiger partial charge in [-0.3, -0.25) is 9.59 Å². The Morgan fingerprint density at radius 3 is 2.61 bits per heavy atom. The maximum absolute atomic E-state index is 12.1. The predicted molar refractivity (Wildman–Crippen MR) is 103 cm³/mol. The Labute approximate surface area is 165 Å². The van der Waals surface area contributed by atoms with Crippen LogP contribution in [-0.4, -0.2) is 38.1 Å². The number of anilines is 1. The minimum absolute atomic E-state index is 0.358. The number of methoxy groups -OCH3 is 1.